The number of pyridine rings is 1. The number of hydrogen-bond acceptors (Lipinski definition) is 4. The topological polar surface area (TPSA) is 65.1 Å². The van der Waals surface area contributed by atoms with Crippen molar-refractivity contribution in [3.05, 3.63) is 66.6 Å². The second kappa shape index (κ2) is 7.00. The first-order valence-corrected chi connectivity index (χ1v) is 8.79. The Labute approximate surface area is 152 Å². The number of carbonyl (C=O) groups is 1. The van der Waals surface area contributed by atoms with Gasteiger partial charge in [-0.2, -0.15) is 5.10 Å². The molecule has 3 aromatic rings. The molecular weight excluding hydrogens is 326 g/mol. The largest absolute Gasteiger partial charge is 0.368 e. The van der Waals surface area contributed by atoms with E-state index in [1.807, 2.05) is 41.3 Å². The summed E-state index contributed by atoms with van der Waals surface area (Å²) in [6.07, 6.45) is 3.44. The zero-order valence-electron chi connectivity index (χ0n) is 14.7. The molecule has 1 N–H and O–H groups in total. The minimum atomic E-state index is -0.00184. The molecule has 1 saturated heterocycles. The molecule has 1 atom stereocenters. The molecule has 1 aliphatic rings. The van der Waals surface area contributed by atoms with E-state index in [-0.39, 0.29) is 11.9 Å². The lowest BCUT2D eigenvalue weighted by atomic mass is 10.1. The summed E-state index contributed by atoms with van der Waals surface area (Å²) in [6.45, 7) is 4.43. The Morgan fingerprint density at radius 3 is 2.62 bits per heavy atom. The van der Waals surface area contributed by atoms with Crippen LogP contribution < -0.4 is 4.90 Å². The van der Waals surface area contributed by atoms with Gasteiger partial charge in [0.05, 0.1) is 5.69 Å². The molecule has 0 aliphatic carbocycles. The van der Waals surface area contributed by atoms with Crippen molar-refractivity contribution in [1.82, 2.24) is 20.1 Å². The molecule has 1 fully saturated rings. The number of rotatable bonds is 3. The first kappa shape index (κ1) is 16.3. The summed E-state index contributed by atoms with van der Waals surface area (Å²) in [6, 6.07) is 16.0. The van der Waals surface area contributed by atoms with E-state index >= 15 is 0 Å². The van der Waals surface area contributed by atoms with Gasteiger partial charge >= 0.3 is 0 Å². The normalized spacial score (nSPS) is 17.3. The van der Waals surface area contributed by atoms with E-state index in [0.717, 1.165) is 24.3 Å². The van der Waals surface area contributed by atoms with Crippen LogP contribution in [0.3, 0.4) is 0 Å². The fraction of sp³-hybridized carbons (Fsp3) is 0.250. The van der Waals surface area contributed by atoms with Crippen LogP contribution in [0.4, 0.5) is 5.69 Å². The molecule has 4 rings (SSSR count). The van der Waals surface area contributed by atoms with Crippen molar-refractivity contribution in [1.29, 1.82) is 0 Å². The summed E-state index contributed by atoms with van der Waals surface area (Å²) in [7, 11) is 0. The van der Waals surface area contributed by atoms with Gasteiger partial charge in [-0.25, -0.2) is 0 Å². The van der Waals surface area contributed by atoms with Crippen molar-refractivity contribution < 1.29 is 4.79 Å². The number of para-hydroxylation sites is 1. The summed E-state index contributed by atoms with van der Waals surface area (Å²) < 4.78 is 0. The van der Waals surface area contributed by atoms with Crippen molar-refractivity contribution >= 4 is 11.6 Å². The van der Waals surface area contributed by atoms with Crippen LogP contribution in [0.1, 0.15) is 17.4 Å². The van der Waals surface area contributed by atoms with Crippen LogP contribution in [0, 0.1) is 0 Å². The Morgan fingerprint density at radius 1 is 1.12 bits per heavy atom. The Balaban J connectivity index is 1.47. The second-order valence-electron chi connectivity index (χ2n) is 6.53. The van der Waals surface area contributed by atoms with Gasteiger partial charge < -0.3 is 9.80 Å². The third kappa shape index (κ3) is 3.18. The summed E-state index contributed by atoms with van der Waals surface area (Å²) in [5, 5.41) is 7.17. The van der Waals surface area contributed by atoms with Crippen LogP contribution in [0.25, 0.3) is 11.3 Å². The average molecular weight is 347 g/mol. The lowest BCUT2D eigenvalue weighted by Crippen LogP contribution is -2.54. The molecule has 0 radical (unpaired) electrons. The summed E-state index contributed by atoms with van der Waals surface area (Å²) in [5.74, 6) is -0.00184. The lowest BCUT2D eigenvalue weighted by molar-refractivity contribution is 0.0668. The van der Waals surface area contributed by atoms with Gasteiger partial charge in [-0.15, -0.1) is 0 Å². The monoisotopic (exact) mass is 347 g/mol. The lowest BCUT2D eigenvalue weighted by Gasteiger charge is -2.40. The Bertz CT molecular complexity index is 877. The Morgan fingerprint density at radius 2 is 1.88 bits per heavy atom. The van der Waals surface area contributed by atoms with E-state index in [0.29, 0.717) is 12.2 Å². The van der Waals surface area contributed by atoms with Gasteiger partial charge in [-0.05, 0) is 37.3 Å². The molecule has 1 aromatic carbocycles. The van der Waals surface area contributed by atoms with E-state index in [4.69, 9.17) is 0 Å². The third-order valence-corrected chi connectivity index (χ3v) is 4.79. The van der Waals surface area contributed by atoms with Gasteiger partial charge in [0.15, 0.2) is 0 Å². The maximum absolute atomic E-state index is 12.9. The zero-order chi connectivity index (χ0) is 17.9. The molecule has 0 bridgehead atoms. The van der Waals surface area contributed by atoms with E-state index in [1.54, 1.807) is 12.4 Å². The zero-order valence-corrected chi connectivity index (χ0v) is 14.7. The minimum Gasteiger partial charge on any atom is -0.368 e. The maximum atomic E-state index is 12.9. The smallest absolute Gasteiger partial charge is 0.272 e. The molecule has 6 nitrogen and oxygen atoms in total. The van der Waals surface area contributed by atoms with Crippen molar-refractivity contribution in [2.45, 2.75) is 13.0 Å². The molecule has 2 aromatic heterocycles. The van der Waals surface area contributed by atoms with E-state index < -0.39 is 0 Å². The number of aromatic nitrogens is 3. The van der Waals surface area contributed by atoms with E-state index in [1.165, 1.54) is 5.69 Å². The fourth-order valence-corrected chi connectivity index (χ4v) is 3.39. The minimum absolute atomic E-state index is 0.00184. The molecule has 132 valence electrons. The number of benzene rings is 1. The highest BCUT2D eigenvalue weighted by Crippen LogP contribution is 2.21. The number of piperazine rings is 1. The number of hydrogen-bond donors (Lipinski definition) is 1. The number of amides is 1. The fourth-order valence-electron chi connectivity index (χ4n) is 3.39. The molecule has 0 spiro atoms. The maximum Gasteiger partial charge on any atom is 0.272 e. The number of carbonyl (C=O) groups excluding carboxylic acids is 1. The highest BCUT2D eigenvalue weighted by atomic mass is 16.2. The summed E-state index contributed by atoms with van der Waals surface area (Å²) in [5.41, 5.74) is 3.42. The van der Waals surface area contributed by atoms with Gasteiger partial charge in [0.1, 0.15) is 5.69 Å². The second-order valence-corrected chi connectivity index (χ2v) is 6.53. The van der Waals surface area contributed by atoms with Gasteiger partial charge in [0, 0.05) is 49.3 Å². The number of nitrogens with one attached hydrogen (secondary N) is 1. The highest BCUT2D eigenvalue weighted by molar-refractivity contribution is 5.93. The number of nitrogens with zero attached hydrogens (tertiary/aromatic N) is 4. The first-order valence-electron chi connectivity index (χ1n) is 8.79. The molecule has 0 unspecified atom stereocenters. The molecular formula is C20H21N5O. The van der Waals surface area contributed by atoms with Crippen molar-refractivity contribution in [3.8, 4) is 11.3 Å². The number of anilines is 1. The Kier molecular flexibility index (Phi) is 4.39. The van der Waals surface area contributed by atoms with E-state index in [9.17, 15) is 4.79 Å². The predicted octanol–water partition coefficient (Wildman–Crippen LogP) is 2.82. The molecule has 3 heterocycles. The van der Waals surface area contributed by atoms with Crippen molar-refractivity contribution in [2.75, 3.05) is 24.5 Å². The van der Waals surface area contributed by atoms with Gasteiger partial charge in [-0.1, -0.05) is 18.2 Å². The SMILES string of the molecule is C[C@@H]1CN(c2ccccc2)CCN1C(=O)c1cc(-c2ccncc2)n[nH]1. The number of aromatic amines is 1. The predicted molar refractivity (Wildman–Crippen MR) is 101 cm³/mol. The highest BCUT2D eigenvalue weighted by Gasteiger charge is 2.29. The van der Waals surface area contributed by atoms with Gasteiger partial charge in [0.25, 0.3) is 5.91 Å². The quantitative estimate of drug-likeness (QED) is 0.791. The van der Waals surface area contributed by atoms with Crippen LogP contribution >= 0.6 is 0 Å². The van der Waals surface area contributed by atoms with Gasteiger partial charge in [0.2, 0.25) is 0 Å². The summed E-state index contributed by atoms with van der Waals surface area (Å²) >= 11 is 0. The van der Waals surface area contributed by atoms with Crippen LogP contribution in [-0.2, 0) is 0 Å². The van der Waals surface area contributed by atoms with Crippen LogP contribution in [-0.4, -0.2) is 51.7 Å². The molecule has 1 amide bonds. The molecule has 26 heavy (non-hydrogen) atoms. The van der Waals surface area contributed by atoms with Gasteiger partial charge in [-0.3, -0.25) is 14.9 Å². The molecule has 0 saturated carbocycles. The molecule has 1 aliphatic heterocycles. The third-order valence-electron chi connectivity index (χ3n) is 4.79. The first-order chi connectivity index (χ1) is 12.7. The van der Waals surface area contributed by atoms with Crippen LogP contribution in [0.2, 0.25) is 0 Å². The summed E-state index contributed by atoms with van der Waals surface area (Å²) in [4.78, 5) is 21.2. The van der Waals surface area contributed by atoms with Crippen LogP contribution in [0.15, 0.2) is 60.9 Å². The van der Waals surface area contributed by atoms with Crippen molar-refractivity contribution in [2.24, 2.45) is 0 Å². The van der Waals surface area contributed by atoms with E-state index in [2.05, 4.69) is 39.1 Å². The molecule has 6 heteroatoms. The van der Waals surface area contributed by atoms with Crippen molar-refractivity contribution in [3.63, 3.8) is 0 Å². The average Bonchev–Trinajstić information content (AvgIpc) is 3.19. The van der Waals surface area contributed by atoms with Crippen LogP contribution in [0.5, 0.6) is 0 Å². The number of H-pyrrole nitrogens is 1. The Hall–Kier alpha value is -3.15. The standard InChI is InChI=1S/C20H21N5O/c1-15-14-24(17-5-3-2-4-6-17)11-12-25(15)20(26)19-13-18(22-23-19)16-7-9-21-10-8-16/h2-10,13,15H,11-12,14H2,1H3,(H,22,23)/t15-/m1/s1.